The number of imide groups is 1. The van der Waals surface area contributed by atoms with Gasteiger partial charge in [0.15, 0.2) is 6.10 Å². The number of urea groups is 1. The second-order valence-electron chi connectivity index (χ2n) is 7.52. The van der Waals surface area contributed by atoms with Gasteiger partial charge >= 0.3 is 12.0 Å². The number of amides is 3. The zero-order valence-corrected chi connectivity index (χ0v) is 18.2. The average Bonchev–Trinajstić information content (AvgIpc) is 3.24. The molecule has 32 heavy (non-hydrogen) atoms. The van der Waals surface area contributed by atoms with E-state index in [2.05, 4.69) is 20.8 Å². The van der Waals surface area contributed by atoms with E-state index in [-0.39, 0.29) is 11.6 Å². The highest BCUT2D eigenvalue weighted by atomic mass is 16.5. The molecule has 1 unspecified atom stereocenters. The van der Waals surface area contributed by atoms with Gasteiger partial charge in [0.25, 0.3) is 5.91 Å². The fourth-order valence-electron chi connectivity index (χ4n) is 2.70. The van der Waals surface area contributed by atoms with Crippen LogP contribution in [0.2, 0.25) is 0 Å². The summed E-state index contributed by atoms with van der Waals surface area (Å²) in [5.74, 6) is -0.716. The first-order valence-electron chi connectivity index (χ1n) is 10.1. The molecule has 3 rings (SSSR count). The molecule has 1 heterocycles. The summed E-state index contributed by atoms with van der Waals surface area (Å²) in [5.41, 5.74) is 2.80. The van der Waals surface area contributed by atoms with Gasteiger partial charge < -0.3 is 14.5 Å². The molecule has 9 heteroatoms. The van der Waals surface area contributed by atoms with Crippen LogP contribution < -0.4 is 10.6 Å². The zero-order valence-electron chi connectivity index (χ0n) is 18.2. The van der Waals surface area contributed by atoms with Gasteiger partial charge in [-0.1, -0.05) is 17.7 Å². The van der Waals surface area contributed by atoms with Gasteiger partial charge in [-0.25, -0.2) is 9.59 Å². The predicted octanol–water partition coefficient (Wildman–Crippen LogP) is 3.49. The molecule has 0 spiro atoms. The Morgan fingerprint density at radius 2 is 1.41 bits per heavy atom. The molecule has 1 atom stereocenters. The molecule has 0 saturated carbocycles. The van der Waals surface area contributed by atoms with Crippen LogP contribution in [0.25, 0.3) is 22.9 Å². The van der Waals surface area contributed by atoms with Gasteiger partial charge in [-0.15, -0.1) is 10.2 Å². The minimum Gasteiger partial charge on any atom is -0.449 e. The van der Waals surface area contributed by atoms with Crippen molar-refractivity contribution in [3.8, 4) is 22.9 Å². The highest BCUT2D eigenvalue weighted by Gasteiger charge is 2.21. The van der Waals surface area contributed by atoms with Crippen molar-refractivity contribution in [1.29, 1.82) is 0 Å². The Kier molecular flexibility index (Phi) is 6.99. The molecule has 1 aromatic heterocycles. The van der Waals surface area contributed by atoms with Crippen molar-refractivity contribution in [1.82, 2.24) is 20.8 Å². The number of aromatic nitrogens is 2. The van der Waals surface area contributed by atoms with Crippen molar-refractivity contribution in [2.75, 3.05) is 0 Å². The van der Waals surface area contributed by atoms with Crippen molar-refractivity contribution in [3.63, 3.8) is 0 Å². The predicted molar refractivity (Wildman–Crippen MR) is 117 cm³/mol. The van der Waals surface area contributed by atoms with Crippen molar-refractivity contribution in [3.05, 3.63) is 59.7 Å². The van der Waals surface area contributed by atoms with Gasteiger partial charge in [-0.05, 0) is 64.1 Å². The number of nitrogens with one attached hydrogen (secondary N) is 2. The van der Waals surface area contributed by atoms with Gasteiger partial charge in [0.2, 0.25) is 11.8 Å². The monoisotopic (exact) mass is 436 g/mol. The lowest BCUT2D eigenvalue weighted by Gasteiger charge is -2.14. The lowest BCUT2D eigenvalue weighted by atomic mass is 10.1. The quantitative estimate of drug-likeness (QED) is 0.567. The van der Waals surface area contributed by atoms with Gasteiger partial charge in [-0.3, -0.25) is 10.1 Å². The van der Waals surface area contributed by atoms with Gasteiger partial charge in [0.05, 0.1) is 5.56 Å². The maximum absolute atomic E-state index is 12.3. The summed E-state index contributed by atoms with van der Waals surface area (Å²) in [4.78, 5) is 35.9. The Labute approximate surface area is 185 Å². The highest BCUT2D eigenvalue weighted by molar-refractivity contribution is 5.98. The van der Waals surface area contributed by atoms with Crippen LogP contribution in [0.4, 0.5) is 4.79 Å². The number of carbonyl (C=O) groups is 3. The minimum absolute atomic E-state index is 0.133. The van der Waals surface area contributed by atoms with Crippen LogP contribution in [0.3, 0.4) is 0 Å². The van der Waals surface area contributed by atoms with E-state index in [9.17, 15) is 14.4 Å². The molecule has 0 aliphatic carbocycles. The molecular weight excluding hydrogens is 412 g/mol. The maximum atomic E-state index is 12.3. The van der Waals surface area contributed by atoms with E-state index in [4.69, 9.17) is 9.15 Å². The third-order valence-electron chi connectivity index (χ3n) is 4.40. The topological polar surface area (TPSA) is 123 Å². The summed E-state index contributed by atoms with van der Waals surface area (Å²) < 4.78 is 10.9. The largest absolute Gasteiger partial charge is 0.449 e. The molecule has 0 fully saturated rings. The fourth-order valence-corrected chi connectivity index (χ4v) is 2.70. The summed E-state index contributed by atoms with van der Waals surface area (Å²) in [5, 5.41) is 12.8. The van der Waals surface area contributed by atoms with E-state index in [1.807, 2.05) is 31.2 Å². The Morgan fingerprint density at radius 3 is 1.94 bits per heavy atom. The second-order valence-corrected chi connectivity index (χ2v) is 7.52. The minimum atomic E-state index is -1.15. The fraction of sp³-hybridized carbons (Fsp3) is 0.261. The summed E-state index contributed by atoms with van der Waals surface area (Å²) in [6, 6.07) is 13.3. The van der Waals surface area contributed by atoms with E-state index in [1.165, 1.54) is 19.1 Å². The van der Waals surface area contributed by atoms with Crippen LogP contribution in [0, 0.1) is 6.92 Å². The number of esters is 1. The molecule has 9 nitrogen and oxygen atoms in total. The van der Waals surface area contributed by atoms with E-state index < -0.39 is 24.0 Å². The van der Waals surface area contributed by atoms with Gasteiger partial charge in [-0.2, -0.15) is 0 Å². The van der Waals surface area contributed by atoms with Gasteiger partial charge in [0, 0.05) is 17.2 Å². The van der Waals surface area contributed by atoms with Crippen molar-refractivity contribution in [2.45, 2.75) is 39.8 Å². The zero-order chi connectivity index (χ0) is 23.3. The number of benzene rings is 2. The molecule has 0 bridgehead atoms. The number of hydrogen-bond donors (Lipinski definition) is 2. The summed E-state index contributed by atoms with van der Waals surface area (Å²) in [7, 11) is 0. The van der Waals surface area contributed by atoms with Crippen LogP contribution in [-0.4, -0.2) is 40.3 Å². The van der Waals surface area contributed by atoms with Crippen LogP contribution in [-0.2, 0) is 9.53 Å². The molecule has 0 aliphatic heterocycles. The SMILES string of the molecule is Cc1ccc(-c2nnc(-c3ccc(C(=O)OC(C)C(=O)NC(=O)NC(C)C)cc3)o2)cc1. The van der Waals surface area contributed by atoms with Crippen LogP contribution >= 0.6 is 0 Å². The standard InChI is InChI=1S/C23H24N4O5/c1-13(2)24-23(30)25-19(28)15(4)31-22(29)18-11-9-17(10-12-18)21-27-26-20(32-21)16-7-5-14(3)6-8-16/h5-13,15H,1-4H3,(H2,24,25,28,30). The molecule has 3 aromatic rings. The lowest BCUT2D eigenvalue weighted by molar-refractivity contribution is -0.127. The Morgan fingerprint density at radius 1 is 0.875 bits per heavy atom. The molecule has 2 aromatic carbocycles. The summed E-state index contributed by atoms with van der Waals surface area (Å²) in [6.45, 7) is 6.89. The number of aryl methyl sites for hydroxylation is 1. The van der Waals surface area contributed by atoms with Crippen molar-refractivity contribution >= 4 is 17.9 Å². The van der Waals surface area contributed by atoms with E-state index >= 15 is 0 Å². The smallest absolute Gasteiger partial charge is 0.338 e. The number of carbonyl (C=O) groups excluding carboxylic acids is 3. The molecule has 0 radical (unpaired) electrons. The summed E-state index contributed by atoms with van der Waals surface area (Å²) in [6.07, 6.45) is -1.15. The first-order chi connectivity index (χ1) is 15.2. The van der Waals surface area contributed by atoms with Crippen LogP contribution in [0.5, 0.6) is 0 Å². The highest BCUT2D eigenvalue weighted by Crippen LogP contribution is 2.24. The molecule has 3 amide bonds. The van der Waals surface area contributed by atoms with Crippen LogP contribution in [0.15, 0.2) is 52.9 Å². The van der Waals surface area contributed by atoms with Gasteiger partial charge in [0.1, 0.15) is 0 Å². The first kappa shape index (κ1) is 22.7. The second kappa shape index (κ2) is 9.86. The average molecular weight is 436 g/mol. The van der Waals surface area contributed by atoms with E-state index in [0.717, 1.165) is 11.1 Å². The maximum Gasteiger partial charge on any atom is 0.338 e. The molecule has 2 N–H and O–H groups in total. The number of rotatable bonds is 6. The third kappa shape index (κ3) is 5.78. The Hall–Kier alpha value is -4.01. The Bertz CT molecular complexity index is 1100. The number of hydrogen-bond acceptors (Lipinski definition) is 7. The molecule has 166 valence electrons. The van der Waals surface area contributed by atoms with Crippen molar-refractivity contribution in [2.24, 2.45) is 0 Å². The number of ether oxygens (including phenoxy) is 1. The summed E-state index contributed by atoms with van der Waals surface area (Å²) >= 11 is 0. The van der Waals surface area contributed by atoms with E-state index in [0.29, 0.717) is 17.3 Å². The molecular formula is C23H24N4O5. The molecule has 0 saturated heterocycles. The van der Waals surface area contributed by atoms with Crippen molar-refractivity contribution < 1.29 is 23.5 Å². The van der Waals surface area contributed by atoms with E-state index in [1.54, 1.807) is 26.0 Å². The first-order valence-corrected chi connectivity index (χ1v) is 10.1. The van der Waals surface area contributed by atoms with Crippen LogP contribution in [0.1, 0.15) is 36.7 Å². The third-order valence-corrected chi connectivity index (χ3v) is 4.40. The normalized spacial score (nSPS) is 11.7. The molecule has 0 aliphatic rings. The number of nitrogens with zero attached hydrogens (tertiary/aromatic N) is 2. The lowest BCUT2D eigenvalue weighted by Crippen LogP contribution is -2.46. The Balaban J connectivity index is 1.61.